The van der Waals surface area contributed by atoms with Crippen LogP contribution in [0.2, 0.25) is 0 Å². The van der Waals surface area contributed by atoms with Gasteiger partial charge in [0, 0.05) is 11.1 Å². The molecule has 1 N–H and O–H groups in total. The highest BCUT2D eigenvalue weighted by atomic mass is 32.2. The second-order valence-electron chi connectivity index (χ2n) is 9.59. The van der Waals surface area contributed by atoms with Gasteiger partial charge in [0.2, 0.25) is 0 Å². The van der Waals surface area contributed by atoms with Crippen LogP contribution in [0.3, 0.4) is 0 Å². The number of sulfone groups is 1. The van der Waals surface area contributed by atoms with Crippen LogP contribution >= 0.6 is 0 Å². The summed E-state index contributed by atoms with van der Waals surface area (Å²) in [6.45, 7) is -1.74. The number of aliphatic hydroxyl groups excluding tert-OH is 1. The molecule has 0 heterocycles. The van der Waals surface area contributed by atoms with Gasteiger partial charge in [-0.2, -0.15) is 26.3 Å². The molecule has 3 aromatic rings. The summed E-state index contributed by atoms with van der Waals surface area (Å²) in [5, 5.41) is 10.2. The van der Waals surface area contributed by atoms with E-state index in [1.807, 2.05) is 0 Å². The number of ether oxygens (including phenoxy) is 1. The fraction of sp³-hybridized carbons (Fsp3) is 0.333. The number of halogens is 9. The molecular weight excluding hydrogens is 591 g/mol. The van der Waals surface area contributed by atoms with Crippen LogP contribution in [-0.2, 0) is 31.5 Å². The molecule has 222 valence electrons. The Balaban J connectivity index is 1.83. The highest BCUT2D eigenvalue weighted by Gasteiger charge is 2.73. The first kappa shape index (κ1) is 30.8. The molecule has 1 aliphatic rings. The topological polar surface area (TPSA) is 63.6 Å². The first-order valence-electron chi connectivity index (χ1n) is 12.0. The second kappa shape index (κ2) is 10.6. The molecule has 0 amide bonds. The Morgan fingerprint density at radius 1 is 0.829 bits per heavy atom. The van der Waals surface area contributed by atoms with Gasteiger partial charge in [0.1, 0.15) is 22.2 Å². The summed E-state index contributed by atoms with van der Waals surface area (Å²) in [5.41, 5.74) is -7.96. The van der Waals surface area contributed by atoms with Crippen LogP contribution in [0.15, 0.2) is 71.6 Å². The SMILES string of the molecule is O=S(=O)(c1ccc(F)cc1)[C@]1(c2ccc(C(OCc3c(F)cccc3F)(C(F)(F)F)C(F)(F)F)cc2)CCC(O)C1. The van der Waals surface area contributed by atoms with Gasteiger partial charge in [-0.15, -0.1) is 0 Å². The van der Waals surface area contributed by atoms with Crippen LogP contribution in [0.1, 0.15) is 36.0 Å². The molecule has 4 rings (SSSR count). The van der Waals surface area contributed by atoms with E-state index in [4.69, 9.17) is 0 Å². The number of hydrogen-bond donors (Lipinski definition) is 1. The molecule has 1 fully saturated rings. The summed E-state index contributed by atoms with van der Waals surface area (Å²) >= 11 is 0. The molecule has 1 aliphatic carbocycles. The highest BCUT2D eigenvalue weighted by molar-refractivity contribution is 7.92. The van der Waals surface area contributed by atoms with E-state index in [0.717, 1.165) is 42.5 Å². The summed E-state index contributed by atoms with van der Waals surface area (Å²) in [4.78, 5) is -0.368. The zero-order valence-electron chi connectivity index (χ0n) is 20.7. The Morgan fingerprint density at radius 3 is 1.83 bits per heavy atom. The van der Waals surface area contributed by atoms with Crippen molar-refractivity contribution in [2.75, 3.05) is 0 Å². The summed E-state index contributed by atoms with van der Waals surface area (Å²) in [6, 6.07) is 8.02. The number of aliphatic hydroxyl groups is 1. The van der Waals surface area contributed by atoms with E-state index in [1.54, 1.807) is 0 Å². The van der Waals surface area contributed by atoms with E-state index in [-0.39, 0.29) is 23.3 Å². The minimum atomic E-state index is -6.18. The van der Waals surface area contributed by atoms with E-state index in [2.05, 4.69) is 4.74 Å². The largest absolute Gasteiger partial charge is 0.430 e. The first-order valence-corrected chi connectivity index (χ1v) is 13.4. The van der Waals surface area contributed by atoms with Crippen molar-refractivity contribution in [1.82, 2.24) is 0 Å². The van der Waals surface area contributed by atoms with E-state index >= 15 is 0 Å². The summed E-state index contributed by atoms with van der Waals surface area (Å²) in [6.07, 6.45) is -14.2. The Bertz CT molecular complexity index is 1470. The minimum Gasteiger partial charge on any atom is -0.393 e. The third-order valence-electron chi connectivity index (χ3n) is 7.20. The standard InChI is InChI=1S/C27H21F9O4S/c28-18-8-10-20(11-9-18)41(38,39)24(13-12-19(37)14-24)16-4-6-17(7-5-16)25(26(31,32)33,27(34,35)36)40-15-21-22(29)2-1-3-23(21)30/h1-11,19,37H,12-15H2/t19?,24-/m1/s1. The van der Waals surface area contributed by atoms with Gasteiger partial charge >= 0.3 is 12.4 Å². The van der Waals surface area contributed by atoms with Crippen molar-refractivity contribution in [3.05, 3.63) is 101 Å². The van der Waals surface area contributed by atoms with Crippen LogP contribution in [0.25, 0.3) is 0 Å². The number of hydrogen-bond acceptors (Lipinski definition) is 4. The van der Waals surface area contributed by atoms with Crippen molar-refractivity contribution in [3.8, 4) is 0 Å². The quantitative estimate of drug-likeness (QED) is 0.234. The minimum absolute atomic E-state index is 0.0471. The Kier molecular flexibility index (Phi) is 8.00. The lowest BCUT2D eigenvalue weighted by Crippen LogP contribution is -2.56. The molecule has 3 aromatic carbocycles. The fourth-order valence-corrected chi connectivity index (χ4v) is 7.27. The monoisotopic (exact) mass is 612 g/mol. The molecule has 14 heteroatoms. The van der Waals surface area contributed by atoms with Crippen LogP contribution in [0.5, 0.6) is 0 Å². The molecule has 0 aromatic heterocycles. The van der Waals surface area contributed by atoms with Crippen molar-refractivity contribution < 1.29 is 57.8 Å². The van der Waals surface area contributed by atoms with Gasteiger partial charge in [0.05, 0.1) is 17.6 Å². The van der Waals surface area contributed by atoms with Crippen LogP contribution in [0, 0.1) is 17.5 Å². The number of benzene rings is 3. The molecule has 1 saturated carbocycles. The van der Waals surface area contributed by atoms with Crippen molar-refractivity contribution in [2.24, 2.45) is 0 Å². The molecule has 0 bridgehead atoms. The lowest BCUT2D eigenvalue weighted by Gasteiger charge is -2.38. The third kappa shape index (κ3) is 5.21. The number of alkyl halides is 6. The lowest BCUT2D eigenvalue weighted by atomic mass is 9.88. The molecule has 1 unspecified atom stereocenters. The maximum absolute atomic E-state index is 14.2. The highest BCUT2D eigenvalue weighted by Crippen LogP contribution is 2.54. The zero-order valence-corrected chi connectivity index (χ0v) is 21.6. The van der Waals surface area contributed by atoms with Gasteiger partial charge in [-0.25, -0.2) is 21.6 Å². The van der Waals surface area contributed by atoms with Gasteiger partial charge in [0.15, 0.2) is 9.84 Å². The van der Waals surface area contributed by atoms with Gasteiger partial charge in [-0.05, 0) is 61.2 Å². The third-order valence-corrected chi connectivity index (χ3v) is 9.72. The maximum Gasteiger partial charge on any atom is 0.430 e. The molecular formula is C27H21F9O4S. The molecule has 0 saturated heterocycles. The second-order valence-corrected chi connectivity index (χ2v) is 11.9. The van der Waals surface area contributed by atoms with Crippen LogP contribution in [-0.4, -0.2) is 32.0 Å². The number of rotatable bonds is 7. The predicted molar refractivity (Wildman–Crippen MR) is 126 cm³/mol. The first-order chi connectivity index (χ1) is 19.0. The molecule has 2 atom stereocenters. The van der Waals surface area contributed by atoms with Crippen LogP contribution in [0.4, 0.5) is 39.5 Å². The van der Waals surface area contributed by atoms with Crippen molar-refractivity contribution >= 4 is 9.84 Å². The van der Waals surface area contributed by atoms with E-state index < -0.39 is 80.2 Å². The van der Waals surface area contributed by atoms with E-state index in [1.165, 1.54) is 0 Å². The van der Waals surface area contributed by atoms with Gasteiger partial charge < -0.3 is 9.84 Å². The molecule has 0 radical (unpaired) electrons. The smallest absolute Gasteiger partial charge is 0.393 e. The van der Waals surface area contributed by atoms with E-state index in [0.29, 0.717) is 24.3 Å². The van der Waals surface area contributed by atoms with Crippen LogP contribution < -0.4 is 0 Å². The van der Waals surface area contributed by atoms with Crippen molar-refractivity contribution in [2.45, 2.75) is 59.6 Å². The maximum atomic E-state index is 14.2. The summed E-state index contributed by atoms with van der Waals surface area (Å²) < 4.78 is 157. The van der Waals surface area contributed by atoms with Crippen molar-refractivity contribution in [3.63, 3.8) is 0 Å². The Morgan fingerprint density at radius 2 is 1.37 bits per heavy atom. The predicted octanol–water partition coefficient (Wildman–Crippen LogP) is 6.85. The fourth-order valence-electron chi connectivity index (χ4n) is 5.08. The summed E-state index contributed by atoms with van der Waals surface area (Å²) in [5.74, 6) is -3.60. The Labute approximate surface area is 228 Å². The van der Waals surface area contributed by atoms with Gasteiger partial charge in [-0.1, -0.05) is 30.3 Å². The lowest BCUT2D eigenvalue weighted by molar-refractivity contribution is -0.392. The molecule has 0 spiro atoms. The molecule has 41 heavy (non-hydrogen) atoms. The average Bonchev–Trinajstić information content (AvgIpc) is 3.28. The zero-order chi connectivity index (χ0) is 30.4. The molecule has 0 aliphatic heterocycles. The summed E-state index contributed by atoms with van der Waals surface area (Å²) in [7, 11) is -4.45. The Hall–Kier alpha value is -3.10. The molecule has 4 nitrogen and oxygen atoms in total. The van der Waals surface area contributed by atoms with Gasteiger partial charge in [0.25, 0.3) is 5.60 Å². The normalized spacial score (nSPS) is 20.4. The van der Waals surface area contributed by atoms with E-state index in [9.17, 15) is 53.0 Å². The van der Waals surface area contributed by atoms with Gasteiger partial charge in [-0.3, -0.25) is 0 Å². The average molecular weight is 613 g/mol. The van der Waals surface area contributed by atoms with Crippen molar-refractivity contribution in [1.29, 1.82) is 0 Å².